The molecule has 0 saturated carbocycles. The van der Waals surface area contributed by atoms with E-state index in [1.165, 1.54) is 29.9 Å². The molecular formula is C34H23ClF7N9O3S. The summed E-state index contributed by atoms with van der Waals surface area (Å²) in [5, 5.41) is 20.2. The molecule has 2 aliphatic rings. The number of aromatic nitrogens is 5. The summed E-state index contributed by atoms with van der Waals surface area (Å²) in [7, 11) is -2.42. The van der Waals surface area contributed by atoms with E-state index in [1.54, 1.807) is 6.07 Å². The molecule has 3 aromatic heterocycles. The molecule has 4 N–H and O–H groups in total. The van der Waals surface area contributed by atoms with Crippen LogP contribution in [-0.2, 0) is 46.9 Å². The van der Waals surface area contributed by atoms with Gasteiger partial charge in [-0.05, 0) is 36.2 Å². The van der Waals surface area contributed by atoms with Gasteiger partial charge in [-0.25, -0.2) is 22.2 Å². The highest BCUT2D eigenvalue weighted by Crippen LogP contribution is 2.58. The Hall–Kier alpha value is -5.86. The van der Waals surface area contributed by atoms with Crippen molar-refractivity contribution in [1.29, 1.82) is 5.26 Å². The largest absolute Gasteiger partial charge is 0.435 e. The highest BCUT2D eigenvalue weighted by atomic mass is 35.5. The van der Waals surface area contributed by atoms with Crippen LogP contribution in [0.5, 0.6) is 0 Å². The zero-order valence-corrected chi connectivity index (χ0v) is 29.6. The summed E-state index contributed by atoms with van der Waals surface area (Å²) in [6, 6.07) is 6.90. The molecule has 0 unspecified atom stereocenters. The van der Waals surface area contributed by atoms with Gasteiger partial charge in [-0.3, -0.25) is 18.9 Å². The van der Waals surface area contributed by atoms with E-state index in [9.17, 15) is 40.4 Å². The summed E-state index contributed by atoms with van der Waals surface area (Å²) in [4.78, 5) is 18.2. The molecule has 3 heterocycles. The van der Waals surface area contributed by atoms with Crippen molar-refractivity contribution in [2.75, 3.05) is 16.7 Å². The van der Waals surface area contributed by atoms with Crippen LogP contribution < -0.4 is 15.8 Å². The molecule has 3 atom stereocenters. The van der Waals surface area contributed by atoms with Crippen LogP contribution in [0.25, 0.3) is 22.0 Å². The molecule has 0 radical (unpaired) electrons. The van der Waals surface area contributed by atoms with Crippen LogP contribution in [0, 0.1) is 40.7 Å². The van der Waals surface area contributed by atoms with E-state index in [0.717, 1.165) is 18.4 Å². The molecule has 284 valence electrons. The van der Waals surface area contributed by atoms with Gasteiger partial charge in [0.1, 0.15) is 35.9 Å². The fourth-order valence-electron chi connectivity index (χ4n) is 6.89. The number of rotatable bonds is 9. The smallest absolute Gasteiger partial charge is 0.396 e. The van der Waals surface area contributed by atoms with E-state index in [-0.39, 0.29) is 60.2 Å². The summed E-state index contributed by atoms with van der Waals surface area (Å²) >= 11 is 6.50. The van der Waals surface area contributed by atoms with Crippen molar-refractivity contribution in [1.82, 2.24) is 29.9 Å². The van der Waals surface area contributed by atoms with Gasteiger partial charge in [-0.1, -0.05) is 29.5 Å². The summed E-state index contributed by atoms with van der Waals surface area (Å²) in [5.41, 5.74) is 2.29. The van der Waals surface area contributed by atoms with E-state index in [2.05, 4.69) is 37.1 Å². The molecule has 2 aliphatic carbocycles. The minimum Gasteiger partial charge on any atom is -0.396 e. The molecule has 21 heteroatoms. The van der Waals surface area contributed by atoms with Crippen molar-refractivity contribution in [3.05, 3.63) is 87.0 Å². The lowest BCUT2D eigenvalue weighted by Crippen LogP contribution is -2.36. The number of hydrogen-bond acceptors (Lipinski definition) is 8. The Labute approximate surface area is 311 Å². The lowest BCUT2D eigenvalue weighted by Gasteiger charge is -2.24. The van der Waals surface area contributed by atoms with Crippen LogP contribution in [-0.4, -0.2) is 45.1 Å². The third-order valence-electron chi connectivity index (χ3n) is 9.02. The highest BCUT2D eigenvalue weighted by Gasteiger charge is 2.62. The number of nitrogens with two attached hydrogens (primary N) is 1. The van der Waals surface area contributed by atoms with Crippen molar-refractivity contribution in [2.45, 2.75) is 37.0 Å². The zero-order valence-electron chi connectivity index (χ0n) is 28.0. The number of nitrogens with one attached hydrogen (secondary N) is 2. The van der Waals surface area contributed by atoms with E-state index in [0.29, 0.717) is 6.07 Å². The van der Waals surface area contributed by atoms with Gasteiger partial charge in [0.2, 0.25) is 15.9 Å². The number of carbonyl (C=O) groups is 1. The van der Waals surface area contributed by atoms with Gasteiger partial charge in [0.25, 0.3) is 0 Å². The molecule has 0 aliphatic heterocycles. The van der Waals surface area contributed by atoms with Crippen LogP contribution in [0.2, 0.25) is 5.02 Å². The second-order valence-electron chi connectivity index (χ2n) is 12.9. The van der Waals surface area contributed by atoms with Crippen LogP contribution in [0.15, 0.2) is 36.4 Å². The minimum absolute atomic E-state index is 0.0508. The van der Waals surface area contributed by atoms with Crippen molar-refractivity contribution >= 4 is 49.9 Å². The van der Waals surface area contributed by atoms with Crippen molar-refractivity contribution in [3.63, 3.8) is 0 Å². The normalized spacial score (nSPS) is 17.4. The first-order valence-electron chi connectivity index (χ1n) is 15.8. The number of nitrogen functional groups attached to an aromatic ring is 1. The average Bonchev–Trinajstić information content (AvgIpc) is 3.61. The first-order valence-corrected chi connectivity index (χ1v) is 18.1. The number of aryl methyl sites for hydroxylation is 1. The van der Waals surface area contributed by atoms with Gasteiger partial charge in [0.15, 0.2) is 17.2 Å². The summed E-state index contributed by atoms with van der Waals surface area (Å²) in [5.74, 6) is -5.92. The number of pyridine rings is 1. The molecule has 0 bridgehead atoms. The van der Waals surface area contributed by atoms with E-state index >= 15 is 8.78 Å². The predicted molar refractivity (Wildman–Crippen MR) is 183 cm³/mol. The number of carbonyl (C=O) groups excluding carboxylic acids is 1. The Morgan fingerprint density at radius 1 is 1.13 bits per heavy atom. The monoisotopic (exact) mass is 805 g/mol. The standard InChI is InChI=1S/C34H23ClF7N9O3S/c1-50-29-17(4-6-21(35)27(29)32(48-50)49-55(2,53)54)19-11-22(44)24(12-43)46-28(19)23(9-14-7-15(36)10-16(37)8-14)45-25(52)13-51-31-26(30(47-51)34(40,41)42)18-3-5-20(18)33(31,38)39/h4,6-8,10-11,18,20,23H,9,13,44H2,1-2H3,(H,45,52)(H,48,49)/t18-,20+,23-/m0/s1. The maximum Gasteiger partial charge on any atom is 0.435 e. The number of sulfonamides is 1. The van der Waals surface area contributed by atoms with Crippen LogP contribution in [0.3, 0.4) is 0 Å². The number of halogens is 8. The number of nitriles is 1. The molecule has 12 nitrogen and oxygen atoms in total. The number of anilines is 2. The van der Waals surface area contributed by atoms with Crippen molar-refractivity contribution in [3.8, 4) is 29.0 Å². The van der Waals surface area contributed by atoms with Gasteiger partial charge < -0.3 is 11.1 Å². The average molecular weight is 806 g/mol. The summed E-state index contributed by atoms with van der Waals surface area (Å²) < 4.78 is 130. The van der Waals surface area contributed by atoms with Crippen LogP contribution >= 0.6 is 11.6 Å². The van der Waals surface area contributed by atoms with E-state index < -0.39 is 87.5 Å². The van der Waals surface area contributed by atoms with Gasteiger partial charge in [-0.2, -0.15) is 37.4 Å². The summed E-state index contributed by atoms with van der Waals surface area (Å²) in [6.45, 7) is -1.18. The maximum absolute atomic E-state index is 15.4. The van der Waals surface area contributed by atoms with Gasteiger partial charge in [0, 0.05) is 29.8 Å². The SMILES string of the molecule is Cn1nc(NS(C)(=O)=O)c2c(Cl)ccc(-c3cc(N)c(C#N)nc3[C@H](Cc3cc(F)cc(F)c3)NC(=O)Cn3nc(C(F)(F)F)c4c3C(F)(F)[C@@H]3C#C[C@H]43)c21. The molecule has 1 amide bonds. The third-order valence-corrected chi connectivity index (χ3v) is 9.90. The Bertz CT molecular complexity index is 2680. The van der Waals surface area contributed by atoms with Crippen molar-refractivity contribution < 1.29 is 43.9 Å². The fourth-order valence-corrected chi connectivity index (χ4v) is 7.63. The first kappa shape index (κ1) is 37.5. The number of nitrogens with zero attached hydrogens (tertiary/aromatic N) is 6. The molecule has 0 fully saturated rings. The topological polar surface area (TPSA) is 174 Å². The lowest BCUT2D eigenvalue weighted by atomic mass is 9.84. The van der Waals surface area contributed by atoms with Gasteiger partial charge >= 0.3 is 12.1 Å². The van der Waals surface area contributed by atoms with Gasteiger partial charge in [-0.15, -0.1) is 0 Å². The molecule has 0 saturated heterocycles. The maximum atomic E-state index is 15.4. The Morgan fingerprint density at radius 3 is 2.42 bits per heavy atom. The summed E-state index contributed by atoms with van der Waals surface area (Å²) in [6.07, 6.45) is -4.75. The second kappa shape index (κ2) is 12.9. The molecule has 0 spiro atoms. The van der Waals surface area contributed by atoms with E-state index in [1.807, 2.05) is 0 Å². The quantitative estimate of drug-likeness (QED) is 0.129. The Kier molecular flexibility index (Phi) is 8.77. The lowest BCUT2D eigenvalue weighted by molar-refractivity contribution is -0.142. The molecule has 2 aromatic carbocycles. The van der Waals surface area contributed by atoms with Gasteiger partial charge in [0.05, 0.1) is 45.5 Å². The highest BCUT2D eigenvalue weighted by molar-refractivity contribution is 7.92. The number of hydrogen-bond donors (Lipinski definition) is 3. The Morgan fingerprint density at radius 2 is 1.82 bits per heavy atom. The van der Waals surface area contributed by atoms with Crippen LogP contribution in [0.1, 0.15) is 45.9 Å². The predicted octanol–water partition coefficient (Wildman–Crippen LogP) is 5.53. The minimum atomic E-state index is -5.17. The Balaban J connectivity index is 1.38. The number of alkyl halides is 5. The first-order chi connectivity index (χ1) is 25.7. The van der Waals surface area contributed by atoms with Crippen molar-refractivity contribution in [2.24, 2.45) is 13.0 Å². The molecule has 7 rings (SSSR count). The fraction of sp³-hybridized carbons (Fsp3) is 0.265. The number of benzene rings is 2. The molecular weight excluding hydrogens is 783 g/mol. The molecule has 5 aromatic rings. The van der Waals surface area contributed by atoms with Crippen LogP contribution in [0.4, 0.5) is 42.2 Å². The number of fused-ring (bicyclic) bond motifs is 4. The van der Waals surface area contributed by atoms with E-state index in [4.69, 9.17) is 17.3 Å². The molecule has 55 heavy (non-hydrogen) atoms. The second-order valence-corrected chi connectivity index (χ2v) is 15.0. The number of amides is 1. The zero-order chi connectivity index (χ0) is 39.9. The third kappa shape index (κ3) is 6.54.